The van der Waals surface area contributed by atoms with E-state index in [4.69, 9.17) is 0 Å². The lowest BCUT2D eigenvalue weighted by molar-refractivity contribution is 0.445. The van der Waals surface area contributed by atoms with Gasteiger partial charge in [-0.2, -0.15) is 9.41 Å². The molecular weight excluding hydrogens is 362 g/mol. The average molecular weight is 392 g/mol. The molecule has 0 saturated heterocycles. The molecule has 0 aliphatic heterocycles. The third kappa shape index (κ3) is 4.56. The summed E-state index contributed by atoms with van der Waals surface area (Å²) in [7, 11) is -3.50. The maximum Gasteiger partial charge on any atom is 0.244 e. The smallest absolute Gasteiger partial charge is 0.244 e. The molecule has 7 nitrogen and oxygen atoms in total. The van der Waals surface area contributed by atoms with Crippen LogP contribution in [0.25, 0.3) is 0 Å². The Hall–Kier alpha value is -2.19. The molecular formula is C19H29N5O2S. The molecule has 148 valence electrons. The van der Waals surface area contributed by atoms with Gasteiger partial charge in [0.2, 0.25) is 10.0 Å². The van der Waals surface area contributed by atoms with Gasteiger partial charge < -0.3 is 4.57 Å². The molecule has 0 saturated carbocycles. The second-order valence-corrected chi connectivity index (χ2v) is 8.57. The number of anilines is 1. The second-order valence-electron chi connectivity index (χ2n) is 6.63. The molecule has 2 aromatic heterocycles. The van der Waals surface area contributed by atoms with E-state index in [0.717, 1.165) is 11.3 Å². The van der Waals surface area contributed by atoms with E-state index in [1.807, 2.05) is 13.8 Å². The maximum atomic E-state index is 12.5. The lowest BCUT2D eigenvalue weighted by Crippen LogP contribution is -2.30. The molecule has 2 rings (SSSR count). The molecule has 0 bridgehead atoms. The van der Waals surface area contributed by atoms with Crippen molar-refractivity contribution < 1.29 is 8.42 Å². The topological polar surface area (TPSA) is 79.6 Å². The molecule has 0 aliphatic carbocycles. The Bertz CT molecular complexity index is 895. The number of pyridine rings is 1. The van der Waals surface area contributed by atoms with E-state index in [0.29, 0.717) is 24.9 Å². The number of sulfonamides is 1. The standard InChI is InChI=1S/C19H29N5O2S/c1-7-23(8-2)27(25,26)18-9-10-19(20-13-18)22-21-12-17-11-15(5)24(14(3)4)16(17)6/h9-14H,7-8H2,1-6H3,(H,20,22)/b21-12-. The van der Waals surface area contributed by atoms with Crippen LogP contribution in [-0.2, 0) is 10.0 Å². The Balaban J connectivity index is 2.12. The summed E-state index contributed by atoms with van der Waals surface area (Å²) in [5, 5.41) is 4.24. The van der Waals surface area contributed by atoms with Crippen LogP contribution in [-0.4, -0.2) is 41.6 Å². The Kier molecular flexibility index (Phi) is 6.78. The fraction of sp³-hybridized carbons (Fsp3) is 0.474. The largest absolute Gasteiger partial charge is 0.346 e. The number of hydrogen-bond donors (Lipinski definition) is 1. The van der Waals surface area contributed by atoms with Crippen LogP contribution in [0.3, 0.4) is 0 Å². The zero-order chi connectivity index (χ0) is 20.2. The summed E-state index contributed by atoms with van der Waals surface area (Å²) in [4.78, 5) is 4.35. The van der Waals surface area contributed by atoms with Gasteiger partial charge in [-0.05, 0) is 45.9 Å². The summed E-state index contributed by atoms with van der Waals surface area (Å²) in [6, 6.07) is 5.64. The minimum atomic E-state index is -3.50. The van der Waals surface area contributed by atoms with Crippen LogP contribution in [0.4, 0.5) is 5.82 Å². The highest BCUT2D eigenvalue weighted by Crippen LogP contribution is 2.19. The Morgan fingerprint density at radius 3 is 2.41 bits per heavy atom. The first-order valence-electron chi connectivity index (χ1n) is 9.16. The van der Waals surface area contributed by atoms with Crippen LogP contribution in [0.5, 0.6) is 0 Å². The minimum absolute atomic E-state index is 0.182. The number of aryl methyl sites for hydroxylation is 1. The van der Waals surface area contributed by atoms with Crippen LogP contribution >= 0.6 is 0 Å². The number of nitrogens with zero attached hydrogens (tertiary/aromatic N) is 4. The van der Waals surface area contributed by atoms with Gasteiger partial charge in [-0.15, -0.1) is 0 Å². The van der Waals surface area contributed by atoms with Crippen molar-refractivity contribution in [3.63, 3.8) is 0 Å². The molecule has 8 heteroatoms. The minimum Gasteiger partial charge on any atom is -0.346 e. The number of hydrazone groups is 1. The van der Waals surface area contributed by atoms with E-state index in [9.17, 15) is 8.42 Å². The summed E-state index contributed by atoms with van der Waals surface area (Å²) < 4.78 is 28.6. The van der Waals surface area contributed by atoms with Gasteiger partial charge in [-0.25, -0.2) is 13.4 Å². The highest BCUT2D eigenvalue weighted by Gasteiger charge is 2.21. The van der Waals surface area contributed by atoms with Crippen molar-refractivity contribution in [2.75, 3.05) is 18.5 Å². The SMILES string of the molecule is CCN(CC)S(=O)(=O)c1ccc(N/N=C\c2cc(C)n(C(C)C)c2C)nc1. The molecule has 0 aliphatic rings. The number of rotatable bonds is 8. The number of hydrogen-bond acceptors (Lipinski definition) is 5. The van der Waals surface area contributed by atoms with Crippen LogP contribution in [0.15, 0.2) is 34.4 Å². The molecule has 0 amide bonds. The molecule has 0 spiro atoms. The first kappa shape index (κ1) is 21.1. The van der Waals surface area contributed by atoms with E-state index < -0.39 is 10.0 Å². The molecule has 2 aromatic rings. The van der Waals surface area contributed by atoms with Crippen molar-refractivity contribution in [3.05, 3.63) is 41.3 Å². The van der Waals surface area contributed by atoms with Gasteiger partial charge in [-0.3, -0.25) is 5.43 Å². The van der Waals surface area contributed by atoms with Crippen molar-refractivity contribution in [3.8, 4) is 0 Å². The maximum absolute atomic E-state index is 12.5. The van der Waals surface area contributed by atoms with Crippen molar-refractivity contribution in [1.29, 1.82) is 0 Å². The van der Waals surface area contributed by atoms with Gasteiger partial charge in [0.15, 0.2) is 0 Å². The second kappa shape index (κ2) is 8.67. The van der Waals surface area contributed by atoms with Gasteiger partial charge in [0.1, 0.15) is 10.7 Å². The monoisotopic (exact) mass is 391 g/mol. The molecule has 2 heterocycles. The van der Waals surface area contributed by atoms with Gasteiger partial charge >= 0.3 is 0 Å². The summed E-state index contributed by atoms with van der Waals surface area (Å²) in [5.74, 6) is 0.488. The fourth-order valence-electron chi connectivity index (χ4n) is 3.21. The Labute approximate surface area is 162 Å². The zero-order valence-corrected chi connectivity index (χ0v) is 17.7. The fourth-order valence-corrected chi connectivity index (χ4v) is 4.61. The van der Waals surface area contributed by atoms with Crippen LogP contribution in [0, 0.1) is 13.8 Å². The van der Waals surface area contributed by atoms with Crippen LogP contribution in [0.1, 0.15) is 50.7 Å². The lowest BCUT2D eigenvalue weighted by Gasteiger charge is -2.18. The molecule has 0 atom stereocenters. The van der Waals surface area contributed by atoms with Crippen molar-refractivity contribution in [2.24, 2.45) is 5.10 Å². The molecule has 0 unspecified atom stereocenters. The first-order valence-corrected chi connectivity index (χ1v) is 10.6. The quantitative estimate of drug-likeness (QED) is 0.551. The first-order chi connectivity index (χ1) is 12.7. The Morgan fingerprint density at radius 1 is 1.26 bits per heavy atom. The van der Waals surface area contributed by atoms with E-state index in [1.54, 1.807) is 18.3 Å². The lowest BCUT2D eigenvalue weighted by atomic mass is 10.2. The van der Waals surface area contributed by atoms with Gasteiger partial charge in [0, 0.05) is 42.3 Å². The van der Waals surface area contributed by atoms with Gasteiger partial charge in [0.25, 0.3) is 0 Å². The molecule has 0 aromatic carbocycles. The molecule has 1 N–H and O–H groups in total. The van der Waals surface area contributed by atoms with Crippen LogP contribution < -0.4 is 5.43 Å². The van der Waals surface area contributed by atoms with Gasteiger partial charge in [-0.1, -0.05) is 13.8 Å². The molecule has 0 fully saturated rings. The third-order valence-electron chi connectivity index (χ3n) is 4.50. The van der Waals surface area contributed by atoms with Gasteiger partial charge in [0.05, 0.1) is 6.21 Å². The van der Waals surface area contributed by atoms with Crippen molar-refractivity contribution in [2.45, 2.75) is 52.5 Å². The number of nitrogens with one attached hydrogen (secondary N) is 1. The summed E-state index contributed by atoms with van der Waals surface area (Å²) in [6.07, 6.45) is 3.11. The Morgan fingerprint density at radius 2 is 1.93 bits per heavy atom. The van der Waals surface area contributed by atoms with E-state index in [1.165, 1.54) is 16.2 Å². The average Bonchev–Trinajstić information content (AvgIpc) is 2.90. The van der Waals surface area contributed by atoms with E-state index in [-0.39, 0.29) is 4.90 Å². The van der Waals surface area contributed by atoms with Crippen molar-refractivity contribution in [1.82, 2.24) is 13.9 Å². The summed E-state index contributed by atoms with van der Waals surface area (Å²) in [6.45, 7) is 12.9. The van der Waals surface area contributed by atoms with Crippen LogP contribution in [0.2, 0.25) is 0 Å². The van der Waals surface area contributed by atoms with Crippen molar-refractivity contribution >= 4 is 22.1 Å². The normalized spacial score (nSPS) is 12.4. The zero-order valence-electron chi connectivity index (χ0n) is 16.9. The van der Waals surface area contributed by atoms with E-state index >= 15 is 0 Å². The predicted molar refractivity (Wildman–Crippen MR) is 110 cm³/mol. The highest BCUT2D eigenvalue weighted by atomic mass is 32.2. The predicted octanol–water partition coefficient (Wildman–Crippen LogP) is 3.56. The van der Waals surface area contributed by atoms with E-state index in [2.05, 4.69) is 53.8 Å². The third-order valence-corrected chi connectivity index (χ3v) is 6.54. The summed E-state index contributed by atoms with van der Waals surface area (Å²) in [5.41, 5.74) is 6.23. The highest BCUT2D eigenvalue weighted by molar-refractivity contribution is 7.89. The molecule has 0 radical (unpaired) electrons. The number of aromatic nitrogens is 2. The molecule has 27 heavy (non-hydrogen) atoms. The summed E-state index contributed by atoms with van der Waals surface area (Å²) >= 11 is 0.